The SMILES string of the molecule is CC(C)(C)Oc1ccc(C2SCC(=O)N2Cc2nc3ccccc3[nH]2)cc1. The molecule has 1 amide bonds. The highest BCUT2D eigenvalue weighted by molar-refractivity contribution is 8.00. The Bertz CT molecular complexity index is 926. The molecule has 1 aromatic heterocycles. The maximum absolute atomic E-state index is 12.5. The minimum atomic E-state index is -0.229. The number of carbonyl (C=O) groups excluding carboxylic acids is 1. The summed E-state index contributed by atoms with van der Waals surface area (Å²) in [4.78, 5) is 22.3. The third-order valence-electron chi connectivity index (χ3n) is 4.32. The lowest BCUT2D eigenvalue weighted by molar-refractivity contribution is -0.128. The lowest BCUT2D eigenvalue weighted by Gasteiger charge is -2.24. The second kappa shape index (κ2) is 6.93. The first-order chi connectivity index (χ1) is 12.9. The van der Waals surface area contributed by atoms with Crippen LogP contribution in [-0.4, -0.2) is 32.1 Å². The van der Waals surface area contributed by atoms with Gasteiger partial charge in [-0.1, -0.05) is 24.3 Å². The van der Waals surface area contributed by atoms with Gasteiger partial charge in [0.15, 0.2) is 0 Å². The fourth-order valence-corrected chi connectivity index (χ4v) is 4.38. The molecule has 0 saturated carbocycles. The molecule has 1 N–H and O–H groups in total. The van der Waals surface area contributed by atoms with Gasteiger partial charge in [-0.3, -0.25) is 4.79 Å². The van der Waals surface area contributed by atoms with Gasteiger partial charge in [0.25, 0.3) is 0 Å². The van der Waals surface area contributed by atoms with E-state index in [1.807, 2.05) is 74.2 Å². The normalized spacial score (nSPS) is 17.7. The molecule has 2 heterocycles. The molecule has 4 rings (SSSR count). The van der Waals surface area contributed by atoms with Crippen molar-refractivity contribution in [3.63, 3.8) is 0 Å². The minimum absolute atomic E-state index is 0.00519. The summed E-state index contributed by atoms with van der Waals surface area (Å²) in [6.07, 6.45) is 0. The van der Waals surface area contributed by atoms with E-state index < -0.39 is 0 Å². The molecule has 1 atom stereocenters. The average molecular weight is 382 g/mol. The number of nitrogens with zero attached hydrogens (tertiary/aromatic N) is 2. The lowest BCUT2D eigenvalue weighted by Crippen LogP contribution is -2.28. The summed E-state index contributed by atoms with van der Waals surface area (Å²) < 4.78 is 5.89. The van der Waals surface area contributed by atoms with Gasteiger partial charge >= 0.3 is 0 Å². The fourth-order valence-electron chi connectivity index (χ4n) is 3.20. The van der Waals surface area contributed by atoms with Crippen molar-refractivity contribution in [3.05, 3.63) is 59.9 Å². The molecule has 0 radical (unpaired) electrons. The predicted molar refractivity (Wildman–Crippen MR) is 109 cm³/mol. The van der Waals surface area contributed by atoms with Gasteiger partial charge in [-0.15, -0.1) is 11.8 Å². The summed E-state index contributed by atoms with van der Waals surface area (Å²) >= 11 is 1.65. The largest absolute Gasteiger partial charge is 0.488 e. The number of nitrogens with one attached hydrogen (secondary N) is 1. The van der Waals surface area contributed by atoms with E-state index in [9.17, 15) is 4.79 Å². The standard InChI is InChI=1S/C21H23N3O2S/c1-21(2,3)26-15-10-8-14(9-11-15)20-24(19(25)13-27-20)12-18-22-16-6-4-5-7-17(16)23-18/h4-11,20H,12-13H2,1-3H3,(H,22,23). The third-order valence-corrected chi connectivity index (χ3v) is 5.57. The van der Waals surface area contributed by atoms with Crippen LogP contribution >= 0.6 is 11.8 Å². The Labute approximate surface area is 163 Å². The number of benzene rings is 2. The molecule has 1 saturated heterocycles. The smallest absolute Gasteiger partial charge is 0.234 e. The van der Waals surface area contributed by atoms with Crippen LogP contribution in [0.3, 0.4) is 0 Å². The Morgan fingerprint density at radius 1 is 1.19 bits per heavy atom. The predicted octanol–water partition coefficient (Wildman–Crippen LogP) is 4.51. The molecule has 1 aliphatic heterocycles. The first kappa shape index (κ1) is 17.9. The molecule has 1 fully saturated rings. The number of hydrogen-bond donors (Lipinski definition) is 1. The summed E-state index contributed by atoms with van der Waals surface area (Å²) in [5.41, 5.74) is 2.79. The maximum Gasteiger partial charge on any atom is 0.234 e. The molecule has 27 heavy (non-hydrogen) atoms. The van der Waals surface area contributed by atoms with E-state index in [0.717, 1.165) is 28.2 Å². The van der Waals surface area contributed by atoms with Gasteiger partial charge in [0.1, 0.15) is 22.5 Å². The first-order valence-corrected chi connectivity index (χ1v) is 10.1. The summed E-state index contributed by atoms with van der Waals surface area (Å²) in [5.74, 6) is 2.28. The zero-order valence-electron chi connectivity index (χ0n) is 15.7. The van der Waals surface area contributed by atoms with Crippen LogP contribution in [0.2, 0.25) is 0 Å². The minimum Gasteiger partial charge on any atom is -0.488 e. The van der Waals surface area contributed by atoms with Crippen molar-refractivity contribution in [2.75, 3.05) is 5.75 Å². The number of aromatic amines is 1. The van der Waals surface area contributed by atoms with Crippen LogP contribution in [-0.2, 0) is 11.3 Å². The first-order valence-electron chi connectivity index (χ1n) is 9.03. The zero-order chi connectivity index (χ0) is 19.0. The van der Waals surface area contributed by atoms with Crippen molar-refractivity contribution in [1.29, 1.82) is 0 Å². The molecule has 140 valence electrons. The number of thioether (sulfide) groups is 1. The van der Waals surface area contributed by atoms with E-state index in [0.29, 0.717) is 12.3 Å². The molecular weight excluding hydrogens is 358 g/mol. The van der Waals surface area contributed by atoms with Crippen LogP contribution in [0.4, 0.5) is 0 Å². The molecule has 0 spiro atoms. The summed E-state index contributed by atoms with van der Waals surface area (Å²) in [7, 11) is 0. The molecule has 1 unspecified atom stereocenters. The Morgan fingerprint density at radius 3 is 2.63 bits per heavy atom. The van der Waals surface area contributed by atoms with Crippen LogP contribution < -0.4 is 4.74 Å². The number of carbonyl (C=O) groups is 1. The second-order valence-electron chi connectivity index (χ2n) is 7.67. The monoisotopic (exact) mass is 381 g/mol. The lowest BCUT2D eigenvalue weighted by atomic mass is 10.1. The molecule has 5 nitrogen and oxygen atoms in total. The number of H-pyrrole nitrogens is 1. The summed E-state index contributed by atoms with van der Waals surface area (Å²) in [6.45, 7) is 6.57. The van der Waals surface area contributed by atoms with Gasteiger partial charge in [-0.05, 0) is 50.6 Å². The quantitative estimate of drug-likeness (QED) is 0.722. The number of ether oxygens (including phenoxy) is 1. The molecular formula is C21H23N3O2S. The number of hydrogen-bond acceptors (Lipinski definition) is 4. The van der Waals surface area contributed by atoms with E-state index in [1.54, 1.807) is 11.8 Å². The van der Waals surface area contributed by atoms with Gasteiger partial charge < -0.3 is 14.6 Å². The van der Waals surface area contributed by atoms with E-state index >= 15 is 0 Å². The maximum atomic E-state index is 12.5. The van der Waals surface area contributed by atoms with Crippen molar-refractivity contribution in [1.82, 2.24) is 14.9 Å². The van der Waals surface area contributed by atoms with Gasteiger partial charge in [-0.25, -0.2) is 4.98 Å². The van der Waals surface area contributed by atoms with Crippen molar-refractivity contribution < 1.29 is 9.53 Å². The topological polar surface area (TPSA) is 58.2 Å². The Kier molecular flexibility index (Phi) is 4.60. The third kappa shape index (κ3) is 3.95. The zero-order valence-corrected chi connectivity index (χ0v) is 16.5. The molecule has 0 bridgehead atoms. The van der Waals surface area contributed by atoms with E-state index in [-0.39, 0.29) is 16.9 Å². The number of aromatic nitrogens is 2. The van der Waals surface area contributed by atoms with Crippen molar-refractivity contribution in [2.24, 2.45) is 0 Å². The van der Waals surface area contributed by atoms with Crippen molar-refractivity contribution in [3.8, 4) is 5.75 Å². The van der Waals surface area contributed by atoms with Gasteiger partial charge in [-0.2, -0.15) is 0 Å². The molecule has 2 aromatic carbocycles. The Morgan fingerprint density at radius 2 is 1.93 bits per heavy atom. The van der Waals surface area contributed by atoms with Crippen molar-refractivity contribution in [2.45, 2.75) is 38.3 Å². The average Bonchev–Trinajstić information content (AvgIpc) is 3.18. The van der Waals surface area contributed by atoms with Crippen molar-refractivity contribution >= 4 is 28.7 Å². The van der Waals surface area contributed by atoms with Gasteiger partial charge in [0, 0.05) is 0 Å². The molecule has 3 aromatic rings. The van der Waals surface area contributed by atoms with Crippen LogP contribution in [0, 0.1) is 0 Å². The van der Waals surface area contributed by atoms with E-state index in [1.165, 1.54) is 0 Å². The second-order valence-corrected chi connectivity index (χ2v) is 8.74. The highest BCUT2D eigenvalue weighted by Crippen LogP contribution is 2.40. The highest BCUT2D eigenvalue weighted by atomic mass is 32.2. The van der Waals surface area contributed by atoms with Gasteiger partial charge in [0.2, 0.25) is 5.91 Å². The Balaban J connectivity index is 1.54. The number of rotatable bonds is 4. The van der Waals surface area contributed by atoms with Crippen LogP contribution in [0.1, 0.15) is 37.5 Å². The highest BCUT2D eigenvalue weighted by Gasteiger charge is 2.33. The fraction of sp³-hybridized carbons (Fsp3) is 0.333. The van der Waals surface area contributed by atoms with Crippen LogP contribution in [0.5, 0.6) is 5.75 Å². The number of imidazole rings is 1. The molecule has 0 aliphatic carbocycles. The number of para-hydroxylation sites is 2. The summed E-state index contributed by atoms with van der Waals surface area (Å²) in [5, 5.41) is -0.00519. The number of fused-ring (bicyclic) bond motifs is 1. The number of amides is 1. The van der Waals surface area contributed by atoms with E-state index in [4.69, 9.17) is 4.74 Å². The van der Waals surface area contributed by atoms with Gasteiger partial charge in [0.05, 0.1) is 23.3 Å². The Hall–Kier alpha value is -2.47. The molecule has 6 heteroatoms. The molecule has 1 aliphatic rings. The van der Waals surface area contributed by atoms with Crippen LogP contribution in [0.15, 0.2) is 48.5 Å². The van der Waals surface area contributed by atoms with E-state index in [2.05, 4.69) is 9.97 Å². The summed E-state index contributed by atoms with van der Waals surface area (Å²) in [6, 6.07) is 16.0. The van der Waals surface area contributed by atoms with Crippen LogP contribution in [0.25, 0.3) is 11.0 Å².